The summed E-state index contributed by atoms with van der Waals surface area (Å²) in [5.74, 6) is 0.929. The Kier molecular flexibility index (Phi) is 5.18. The van der Waals surface area contributed by atoms with Crippen LogP contribution in [0, 0.1) is 5.92 Å². The molecule has 8 heteroatoms. The zero-order chi connectivity index (χ0) is 20.7. The lowest BCUT2D eigenvalue weighted by molar-refractivity contribution is -0.136. The number of amides is 2. The van der Waals surface area contributed by atoms with Gasteiger partial charge in [0.1, 0.15) is 5.82 Å². The number of aromatic nitrogens is 2. The number of aromatic amines is 1. The molecule has 2 fully saturated rings. The van der Waals surface area contributed by atoms with Crippen molar-refractivity contribution < 1.29 is 9.59 Å². The first kappa shape index (κ1) is 19.5. The van der Waals surface area contributed by atoms with Gasteiger partial charge in [-0.05, 0) is 37.1 Å². The number of rotatable bonds is 3. The van der Waals surface area contributed by atoms with E-state index in [4.69, 9.17) is 4.98 Å². The van der Waals surface area contributed by atoms with Crippen LogP contribution in [0.4, 0.5) is 0 Å². The van der Waals surface area contributed by atoms with Gasteiger partial charge in [-0.3, -0.25) is 14.4 Å². The Morgan fingerprint density at radius 1 is 1.13 bits per heavy atom. The Balaban J connectivity index is 1.37. The summed E-state index contributed by atoms with van der Waals surface area (Å²) in [4.78, 5) is 50.6. The highest BCUT2D eigenvalue weighted by molar-refractivity contribution is 7.12. The number of nitrogens with one attached hydrogen (secondary N) is 1. The molecule has 7 nitrogen and oxygen atoms in total. The van der Waals surface area contributed by atoms with Gasteiger partial charge < -0.3 is 14.8 Å². The van der Waals surface area contributed by atoms with Crippen molar-refractivity contribution in [3.8, 4) is 0 Å². The normalized spacial score (nSPS) is 21.8. The molecular weight excluding hydrogens is 400 g/mol. The Bertz CT molecular complexity index is 1010. The van der Waals surface area contributed by atoms with Crippen LogP contribution in [-0.2, 0) is 17.8 Å². The largest absolute Gasteiger partial charge is 0.333 e. The van der Waals surface area contributed by atoms with E-state index in [1.54, 1.807) is 4.90 Å². The van der Waals surface area contributed by atoms with E-state index in [0.717, 1.165) is 50.8 Å². The molecule has 5 rings (SSSR count). The number of fused-ring (bicyclic) bond motifs is 1. The Hall–Kier alpha value is -2.48. The molecule has 0 radical (unpaired) electrons. The molecule has 1 N–H and O–H groups in total. The lowest BCUT2D eigenvalue weighted by Crippen LogP contribution is -2.41. The fourth-order valence-corrected chi connectivity index (χ4v) is 5.74. The number of thiophene rings is 1. The van der Waals surface area contributed by atoms with Gasteiger partial charge in [0.2, 0.25) is 5.91 Å². The molecule has 0 spiro atoms. The van der Waals surface area contributed by atoms with Gasteiger partial charge >= 0.3 is 0 Å². The van der Waals surface area contributed by atoms with Gasteiger partial charge in [-0.2, -0.15) is 0 Å². The minimum atomic E-state index is -0.182. The molecule has 2 aromatic rings. The summed E-state index contributed by atoms with van der Waals surface area (Å²) in [5, 5.41) is 1.88. The van der Waals surface area contributed by atoms with E-state index in [2.05, 4.69) is 4.98 Å². The van der Waals surface area contributed by atoms with E-state index in [1.165, 1.54) is 11.3 Å². The molecule has 158 valence electrons. The number of nitrogens with zero attached hydrogens (tertiary/aromatic N) is 3. The topological polar surface area (TPSA) is 86.4 Å². The summed E-state index contributed by atoms with van der Waals surface area (Å²) < 4.78 is 0. The molecule has 3 aliphatic rings. The summed E-state index contributed by atoms with van der Waals surface area (Å²) in [6.45, 7) is 1.57. The summed E-state index contributed by atoms with van der Waals surface area (Å²) in [6.07, 6.45) is 6.55. The molecule has 0 aromatic carbocycles. The maximum Gasteiger partial charge on any atom is 0.264 e. The zero-order valence-corrected chi connectivity index (χ0v) is 17.7. The number of carbonyl (C=O) groups is 2. The Morgan fingerprint density at radius 2 is 1.97 bits per heavy atom. The van der Waals surface area contributed by atoms with Crippen molar-refractivity contribution >= 4 is 23.2 Å². The maximum absolute atomic E-state index is 13.0. The van der Waals surface area contributed by atoms with Crippen LogP contribution >= 0.6 is 11.3 Å². The van der Waals surface area contributed by atoms with Crippen LogP contribution in [-0.4, -0.2) is 44.7 Å². The molecule has 0 bridgehead atoms. The van der Waals surface area contributed by atoms with Gasteiger partial charge in [0.15, 0.2) is 0 Å². The fourth-order valence-electron chi connectivity index (χ4n) is 5.05. The van der Waals surface area contributed by atoms with Crippen molar-refractivity contribution in [2.75, 3.05) is 13.1 Å². The van der Waals surface area contributed by atoms with Crippen LogP contribution in [0.2, 0.25) is 0 Å². The van der Waals surface area contributed by atoms with Crippen molar-refractivity contribution in [1.82, 2.24) is 19.8 Å². The summed E-state index contributed by atoms with van der Waals surface area (Å²) in [7, 11) is 0. The summed E-state index contributed by atoms with van der Waals surface area (Å²) in [5.41, 5.74) is 1.16. The zero-order valence-electron chi connectivity index (χ0n) is 16.9. The second-order valence-electron chi connectivity index (χ2n) is 8.50. The predicted molar refractivity (Wildman–Crippen MR) is 113 cm³/mol. The average Bonchev–Trinajstić information content (AvgIpc) is 3.54. The van der Waals surface area contributed by atoms with E-state index >= 15 is 0 Å². The van der Waals surface area contributed by atoms with Crippen molar-refractivity contribution in [1.29, 1.82) is 0 Å². The van der Waals surface area contributed by atoms with Gasteiger partial charge in [0.05, 0.1) is 28.7 Å². The number of carbonyl (C=O) groups excluding carboxylic acids is 2. The van der Waals surface area contributed by atoms with E-state index < -0.39 is 0 Å². The van der Waals surface area contributed by atoms with Crippen LogP contribution < -0.4 is 5.56 Å². The van der Waals surface area contributed by atoms with Crippen molar-refractivity contribution in [3.63, 3.8) is 0 Å². The molecule has 2 aliphatic heterocycles. The highest BCUT2D eigenvalue weighted by Crippen LogP contribution is 2.35. The van der Waals surface area contributed by atoms with Crippen molar-refractivity contribution in [2.24, 2.45) is 5.92 Å². The first-order valence-electron chi connectivity index (χ1n) is 10.9. The Labute approximate surface area is 179 Å². The van der Waals surface area contributed by atoms with Crippen LogP contribution in [0.15, 0.2) is 22.3 Å². The van der Waals surface area contributed by atoms with Crippen molar-refractivity contribution in [2.45, 2.75) is 57.5 Å². The molecule has 30 heavy (non-hydrogen) atoms. The fraction of sp³-hybridized carbons (Fsp3) is 0.545. The van der Waals surface area contributed by atoms with Gasteiger partial charge in [0, 0.05) is 25.4 Å². The molecule has 2 aromatic heterocycles. The third-order valence-electron chi connectivity index (χ3n) is 6.66. The quantitative estimate of drug-likeness (QED) is 0.818. The average molecular weight is 427 g/mol. The number of hydrogen-bond acceptors (Lipinski definition) is 5. The first-order valence-corrected chi connectivity index (χ1v) is 11.7. The van der Waals surface area contributed by atoms with E-state index in [-0.39, 0.29) is 35.9 Å². The highest BCUT2D eigenvalue weighted by atomic mass is 32.1. The second-order valence-corrected chi connectivity index (χ2v) is 9.45. The van der Waals surface area contributed by atoms with Gasteiger partial charge in [-0.1, -0.05) is 18.9 Å². The monoisotopic (exact) mass is 426 g/mol. The minimum absolute atomic E-state index is 0.0387. The van der Waals surface area contributed by atoms with Crippen molar-refractivity contribution in [3.05, 3.63) is 49.8 Å². The number of likely N-dealkylation sites (tertiary alicyclic amines) is 1. The van der Waals surface area contributed by atoms with E-state index in [9.17, 15) is 14.4 Å². The minimum Gasteiger partial charge on any atom is -0.333 e. The number of H-pyrrole nitrogens is 1. The van der Waals surface area contributed by atoms with E-state index in [0.29, 0.717) is 29.2 Å². The molecular formula is C22H26N4O3S. The van der Waals surface area contributed by atoms with Crippen LogP contribution in [0.1, 0.15) is 71.3 Å². The van der Waals surface area contributed by atoms with Crippen LogP contribution in [0.25, 0.3) is 0 Å². The Morgan fingerprint density at radius 3 is 2.73 bits per heavy atom. The SMILES string of the molecule is O=C(c1cccs1)N1CCc2nc([C@H]3CCCN3C(=O)C3CCCC3)[nH]c(=O)c2C1. The predicted octanol–water partition coefficient (Wildman–Crippen LogP) is 2.88. The molecule has 0 unspecified atom stereocenters. The third kappa shape index (κ3) is 3.47. The third-order valence-corrected chi connectivity index (χ3v) is 7.52. The summed E-state index contributed by atoms with van der Waals surface area (Å²) >= 11 is 1.41. The number of hydrogen-bond donors (Lipinski definition) is 1. The lowest BCUT2D eigenvalue weighted by Gasteiger charge is -2.30. The molecule has 2 amide bonds. The highest BCUT2D eigenvalue weighted by Gasteiger charge is 2.37. The molecule has 1 saturated heterocycles. The van der Waals surface area contributed by atoms with Gasteiger partial charge in [0.25, 0.3) is 11.5 Å². The van der Waals surface area contributed by atoms with Gasteiger partial charge in [-0.15, -0.1) is 11.3 Å². The molecule has 1 saturated carbocycles. The summed E-state index contributed by atoms with van der Waals surface area (Å²) in [6, 6.07) is 3.53. The molecule has 1 atom stereocenters. The van der Waals surface area contributed by atoms with Crippen LogP contribution in [0.3, 0.4) is 0 Å². The maximum atomic E-state index is 13.0. The lowest BCUT2D eigenvalue weighted by atomic mass is 10.0. The molecule has 4 heterocycles. The smallest absolute Gasteiger partial charge is 0.264 e. The van der Waals surface area contributed by atoms with E-state index in [1.807, 2.05) is 22.4 Å². The second kappa shape index (κ2) is 7.98. The van der Waals surface area contributed by atoms with Crippen LogP contribution in [0.5, 0.6) is 0 Å². The standard InChI is InChI=1S/C22H26N4O3S/c27-20-15-13-25(22(29)18-8-4-12-30-18)11-9-16(15)23-19(24-20)17-7-3-10-26(17)21(28)14-5-1-2-6-14/h4,8,12,14,17H,1-3,5-7,9-11,13H2,(H,23,24,27)/t17-/m1/s1. The molecule has 1 aliphatic carbocycles. The van der Waals surface area contributed by atoms with Gasteiger partial charge in [-0.25, -0.2) is 4.98 Å². The first-order chi connectivity index (χ1) is 14.6.